The van der Waals surface area contributed by atoms with Gasteiger partial charge in [-0.2, -0.15) is 0 Å². The normalized spacial score (nSPS) is 13.2. The van der Waals surface area contributed by atoms with Crippen LogP contribution in [0.1, 0.15) is 5.56 Å². The lowest BCUT2D eigenvalue weighted by Gasteiger charge is -2.16. The number of hydrogen-bond acceptors (Lipinski definition) is 6. The van der Waals surface area contributed by atoms with Crippen LogP contribution in [0.3, 0.4) is 0 Å². The Balaban J connectivity index is 1.45. The molecule has 0 unspecified atom stereocenters. The number of para-hydroxylation sites is 1. The summed E-state index contributed by atoms with van der Waals surface area (Å²) in [6.07, 6.45) is 0.905. The molecule has 1 amide bonds. The third-order valence-electron chi connectivity index (χ3n) is 3.92. The van der Waals surface area contributed by atoms with Crippen molar-refractivity contribution in [3.63, 3.8) is 0 Å². The minimum Gasteiger partial charge on any atom is -0.335 e. The van der Waals surface area contributed by atoms with Crippen molar-refractivity contribution in [3.8, 4) is 10.7 Å². The molecule has 0 fully saturated rings. The van der Waals surface area contributed by atoms with E-state index in [4.69, 9.17) is 5.84 Å². The molecular formula is C16H15N5OS2. The second-order valence-electron chi connectivity index (χ2n) is 5.37. The maximum absolute atomic E-state index is 12.5. The zero-order chi connectivity index (χ0) is 16.5. The van der Waals surface area contributed by atoms with E-state index < -0.39 is 0 Å². The first-order valence-electron chi connectivity index (χ1n) is 7.49. The maximum atomic E-state index is 12.5. The maximum Gasteiger partial charge on any atom is 0.237 e. The van der Waals surface area contributed by atoms with Crippen LogP contribution < -0.4 is 10.7 Å². The Labute approximate surface area is 147 Å². The Kier molecular flexibility index (Phi) is 3.99. The van der Waals surface area contributed by atoms with Crippen LogP contribution in [0.5, 0.6) is 0 Å². The van der Waals surface area contributed by atoms with Gasteiger partial charge in [-0.15, -0.1) is 21.5 Å². The van der Waals surface area contributed by atoms with Gasteiger partial charge in [0.2, 0.25) is 11.1 Å². The summed E-state index contributed by atoms with van der Waals surface area (Å²) in [6, 6.07) is 11.9. The van der Waals surface area contributed by atoms with Gasteiger partial charge in [-0.3, -0.25) is 4.79 Å². The van der Waals surface area contributed by atoms with Crippen LogP contribution in [0, 0.1) is 0 Å². The van der Waals surface area contributed by atoms with E-state index in [-0.39, 0.29) is 11.7 Å². The van der Waals surface area contributed by atoms with Crippen molar-refractivity contribution < 1.29 is 4.79 Å². The highest BCUT2D eigenvalue weighted by molar-refractivity contribution is 7.99. The first kappa shape index (κ1) is 15.2. The molecule has 1 aromatic carbocycles. The minimum absolute atomic E-state index is 0.0608. The number of nitrogen functional groups attached to an aromatic ring is 1. The third-order valence-corrected chi connectivity index (χ3v) is 5.71. The lowest BCUT2D eigenvalue weighted by Crippen LogP contribution is -2.30. The third kappa shape index (κ3) is 2.67. The second-order valence-corrected chi connectivity index (χ2v) is 7.26. The van der Waals surface area contributed by atoms with E-state index in [0.717, 1.165) is 23.5 Å². The van der Waals surface area contributed by atoms with Gasteiger partial charge < -0.3 is 10.7 Å². The SMILES string of the molecule is Nn1c(SCC(=O)N2CCc3ccccc32)nnc1-c1cccs1. The van der Waals surface area contributed by atoms with Crippen molar-refractivity contribution in [1.82, 2.24) is 14.9 Å². The van der Waals surface area contributed by atoms with E-state index in [0.29, 0.717) is 11.0 Å². The number of thioether (sulfide) groups is 1. The summed E-state index contributed by atoms with van der Waals surface area (Å²) in [7, 11) is 0. The molecule has 4 rings (SSSR count). The molecule has 2 aromatic heterocycles. The number of aromatic nitrogens is 3. The first-order chi connectivity index (χ1) is 11.7. The van der Waals surface area contributed by atoms with Gasteiger partial charge >= 0.3 is 0 Å². The van der Waals surface area contributed by atoms with Crippen LogP contribution in [0.2, 0.25) is 0 Å². The monoisotopic (exact) mass is 357 g/mol. The molecule has 6 nitrogen and oxygen atoms in total. The van der Waals surface area contributed by atoms with E-state index in [1.54, 1.807) is 11.3 Å². The number of anilines is 1. The molecule has 8 heteroatoms. The van der Waals surface area contributed by atoms with E-state index in [1.165, 1.54) is 22.0 Å². The molecule has 1 aliphatic heterocycles. The Hall–Kier alpha value is -2.32. The predicted octanol–water partition coefficient (Wildman–Crippen LogP) is 2.40. The molecule has 2 N–H and O–H groups in total. The summed E-state index contributed by atoms with van der Waals surface area (Å²) in [5, 5.41) is 10.7. The van der Waals surface area contributed by atoms with Crippen LogP contribution in [-0.4, -0.2) is 33.1 Å². The lowest BCUT2D eigenvalue weighted by molar-refractivity contribution is -0.116. The molecule has 1 aliphatic rings. The van der Waals surface area contributed by atoms with E-state index in [1.807, 2.05) is 40.6 Å². The van der Waals surface area contributed by atoms with Crippen LogP contribution in [0.4, 0.5) is 5.69 Å². The largest absolute Gasteiger partial charge is 0.335 e. The van der Waals surface area contributed by atoms with Gasteiger partial charge in [0.05, 0.1) is 10.6 Å². The molecule has 0 aliphatic carbocycles. The van der Waals surface area contributed by atoms with Crippen molar-refractivity contribution in [2.45, 2.75) is 11.6 Å². The van der Waals surface area contributed by atoms with Crippen LogP contribution >= 0.6 is 23.1 Å². The molecule has 0 spiro atoms. The fourth-order valence-corrected chi connectivity index (χ4v) is 4.19. The Morgan fingerprint density at radius 2 is 2.12 bits per heavy atom. The number of benzene rings is 1. The second kappa shape index (κ2) is 6.29. The number of carbonyl (C=O) groups is 1. The van der Waals surface area contributed by atoms with Crippen molar-refractivity contribution in [2.75, 3.05) is 23.0 Å². The Morgan fingerprint density at radius 3 is 2.96 bits per heavy atom. The zero-order valence-electron chi connectivity index (χ0n) is 12.8. The number of hydrogen-bond donors (Lipinski definition) is 1. The number of nitrogens with two attached hydrogens (primary N) is 1. The smallest absolute Gasteiger partial charge is 0.237 e. The van der Waals surface area contributed by atoms with Gasteiger partial charge in [-0.25, -0.2) is 4.68 Å². The van der Waals surface area contributed by atoms with Crippen LogP contribution in [0.25, 0.3) is 10.7 Å². The Morgan fingerprint density at radius 1 is 1.25 bits per heavy atom. The fourth-order valence-electron chi connectivity index (χ4n) is 2.75. The highest BCUT2D eigenvalue weighted by atomic mass is 32.2. The molecule has 0 saturated carbocycles. The van der Waals surface area contributed by atoms with Gasteiger partial charge in [-0.1, -0.05) is 36.0 Å². The van der Waals surface area contributed by atoms with Crippen molar-refractivity contribution >= 4 is 34.7 Å². The molecule has 0 atom stereocenters. The van der Waals surface area contributed by atoms with Crippen molar-refractivity contribution in [1.29, 1.82) is 0 Å². The van der Waals surface area contributed by atoms with E-state index in [9.17, 15) is 4.79 Å². The van der Waals surface area contributed by atoms with Crippen molar-refractivity contribution in [2.24, 2.45) is 0 Å². The van der Waals surface area contributed by atoms with Gasteiger partial charge in [0, 0.05) is 12.2 Å². The molecular weight excluding hydrogens is 342 g/mol. The minimum atomic E-state index is 0.0608. The van der Waals surface area contributed by atoms with Crippen molar-refractivity contribution in [3.05, 3.63) is 47.3 Å². The molecule has 122 valence electrons. The molecule has 0 saturated heterocycles. The van der Waals surface area contributed by atoms with E-state index in [2.05, 4.69) is 16.3 Å². The number of nitrogens with zero attached hydrogens (tertiary/aromatic N) is 4. The summed E-state index contributed by atoms with van der Waals surface area (Å²) >= 11 is 2.87. The van der Waals surface area contributed by atoms with Crippen LogP contribution in [0.15, 0.2) is 46.9 Å². The molecule has 3 heterocycles. The van der Waals surface area contributed by atoms with E-state index >= 15 is 0 Å². The zero-order valence-corrected chi connectivity index (χ0v) is 14.4. The fraction of sp³-hybridized carbons (Fsp3) is 0.188. The topological polar surface area (TPSA) is 77.0 Å². The number of carbonyl (C=O) groups excluding carboxylic acids is 1. The van der Waals surface area contributed by atoms with Gasteiger partial charge in [0.1, 0.15) is 0 Å². The highest BCUT2D eigenvalue weighted by Gasteiger charge is 2.24. The highest BCUT2D eigenvalue weighted by Crippen LogP contribution is 2.29. The molecule has 24 heavy (non-hydrogen) atoms. The first-order valence-corrected chi connectivity index (χ1v) is 9.36. The summed E-state index contributed by atoms with van der Waals surface area (Å²) in [4.78, 5) is 15.3. The summed E-state index contributed by atoms with van der Waals surface area (Å²) in [5.41, 5.74) is 2.23. The van der Waals surface area contributed by atoms with Gasteiger partial charge in [0.25, 0.3) is 0 Å². The standard InChI is InChI=1S/C16H15N5OS2/c17-21-15(13-6-3-9-23-13)18-19-16(21)24-10-14(22)20-8-7-11-4-1-2-5-12(11)20/h1-6,9H,7-8,10,17H2. The average Bonchev–Trinajstić information content (AvgIpc) is 3.32. The van der Waals surface area contributed by atoms with Crippen LogP contribution in [-0.2, 0) is 11.2 Å². The summed E-state index contributed by atoms with van der Waals surface area (Å²) in [5.74, 6) is 7.03. The molecule has 3 aromatic rings. The quantitative estimate of drug-likeness (QED) is 0.573. The average molecular weight is 357 g/mol. The Bertz CT molecular complexity index is 874. The number of fused-ring (bicyclic) bond motifs is 1. The summed E-state index contributed by atoms with van der Waals surface area (Å²) in [6.45, 7) is 0.731. The summed E-state index contributed by atoms with van der Waals surface area (Å²) < 4.78 is 1.45. The number of amides is 1. The predicted molar refractivity (Wildman–Crippen MR) is 96.7 cm³/mol. The molecule has 0 bridgehead atoms. The number of rotatable bonds is 4. The van der Waals surface area contributed by atoms with Gasteiger partial charge in [-0.05, 0) is 29.5 Å². The van der Waals surface area contributed by atoms with Gasteiger partial charge in [0.15, 0.2) is 5.82 Å². The molecule has 0 radical (unpaired) electrons. The number of thiophene rings is 1. The lowest BCUT2D eigenvalue weighted by atomic mass is 10.2.